The van der Waals surface area contributed by atoms with Gasteiger partial charge in [-0.2, -0.15) is 5.26 Å². The third kappa shape index (κ3) is 4.78. The molecular formula is C26H24Cl2N4O. The van der Waals surface area contributed by atoms with Crippen molar-refractivity contribution < 1.29 is 4.79 Å². The molecular weight excluding hydrogens is 455 g/mol. The van der Waals surface area contributed by atoms with Crippen LogP contribution in [0.25, 0.3) is 11.8 Å². The van der Waals surface area contributed by atoms with Crippen molar-refractivity contribution in [1.29, 1.82) is 5.26 Å². The van der Waals surface area contributed by atoms with Crippen LogP contribution in [-0.2, 0) is 4.79 Å². The van der Waals surface area contributed by atoms with Gasteiger partial charge in [0.25, 0.3) is 5.91 Å². The lowest BCUT2D eigenvalue weighted by atomic mass is 10.1. The maximum absolute atomic E-state index is 13.1. The first-order valence-corrected chi connectivity index (χ1v) is 11.5. The monoisotopic (exact) mass is 478 g/mol. The average molecular weight is 479 g/mol. The van der Waals surface area contributed by atoms with Crippen molar-refractivity contribution in [1.82, 2.24) is 9.47 Å². The molecule has 168 valence electrons. The van der Waals surface area contributed by atoms with Crippen LogP contribution < -0.4 is 4.90 Å². The lowest BCUT2D eigenvalue weighted by Gasteiger charge is -2.36. The van der Waals surface area contributed by atoms with E-state index in [1.54, 1.807) is 29.2 Å². The first kappa shape index (κ1) is 23.0. The molecule has 2 heterocycles. The summed E-state index contributed by atoms with van der Waals surface area (Å²) in [6, 6.07) is 19.5. The molecule has 2 aromatic carbocycles. The molecule has 1 saturated heterocycles. The molecule has 0 saturated carbocycles. The first-order valence-electron chi connectivity index (χ1n) is 10.7. The number of piperazine rings is 1. The molecule has 0 bridgehead atoms. The van der Waals surface area contributed by atoms with Crippen LogP contribution in [0.15, 0.2) is 60.2 Å². The fourth-order valence-electron chi connectivity index (χ4n) is 4.24. The fraction of sp³-hybridized carbons (Fsp3) is 0.231. The van der Waals surface area contributed by atoms with Crippen LogP contribution in [0.5, 0.6) is 0 Å². The molecule has 0 N–H and O–H groups in total. The molecule has 5 nitrogen and oxygen atoms in total. The summed E-state index contributed by atoms with van der Waals surface area (Å²) in [5.74, 6) is -0.240. The first-order chi connectivity index (χ1) is 15.9. The van der Waals surface area contributed by atoms with Crippen molar-refractivity contribution >= 4 is 40.9 Å². The van der Waals surface area contributed by atoms with Gasteiger partial charge in [-0.3, -0.25) is 4.79 Å². The smallest absolute Gasteiger partial charge is 0.264 e. The quantitative estimate of drug-likeness (QED) is 0.359. The maximum Gasteiger partial charge on any atom is 0.264 e. The van der Waals surface area contributed by atoms with Crippen LogP contribution in [-0.4, -0.2) is 41.6 Å². The normalized spacial score (nSPS) is 14.3. The zero-order chi connectivity index (χ0) is 23.5. The molecule has 1 aliphatic heterocycles. The van der Waals surface area contributed by atoms with E-state index in [1.807, 2.05) is 42.7 Å². The number of halogens is 2. The minimum atomic E-state index is -0.240. The summed E-state index contributed by atoms with van der Waals surface area (Å²) in [7, 11) is 0. The third-order valence-electron chi connectivity index (χ3n) is 5.96. The second-order valence-electron chi connectivity index (χ2n) is 8.04. The molecule has 33 heavy (non-hydrogen) atoms. The summed E-state index contributed by atoms with van der Waals surface area (Å²) in [6.07, 6.45) is 1.67. The van der Waals surface area contributed by atoms with E-state index in [2.05, 4.69) is 23.1 Å². The minimum Gasteiger partial charge on any atom is -0.368 e. The highest BCUT2D eigenvalue weighted by atomic mass is 35.5. The molecule has 1 fully saturated rings. The Labute approximate surface area is 204 Å². The SMILES string of the molecule is Cc1cc(/C=C(/C#N)C(=O)N2CCN(c3ccccc3)CC2)c(C)n1-c1cc(Cl)ccc1Cl. The van der Waals surface area contributed by atoms with Gasteiger partial charge in [0, 0.05) is 48.3 Å². The molecule has 0 unspecified atom stereocenters. The predicted molar refractivity (Wildman–Crippen MR) is 134 cm³/mol. The Morgan fingerprint density at radius 1 is 1.00 bits per heavy atom. The summed E-state index contributed by atoms with van der Waals surface area (Å²) in [6.45, 7) is 6.51. The van der Waals surface area contributed by atoms with E-state index in [4.69, 9.17) is 23.2 Å². The Balaban J connectivity index is 1.55. The van der Waals surface area contributed by atoms with Gasteiger partial charge >= 0.3 is 0 Å². The van der Waals surface area contributed by atoms with E-state index in [0.717, 1.165) is 41.4 Å². The van der Waals surface area contributed by atoms with Gasteiger partial charge in [0.05, 0.1) is 10.7 Å². The number of benzene rings is 2. The van der Waals surface area contributed by atoms with Gasteiger partial charge < -0.3 is 14.4 Å². The van der Waals surface area contributed by atoms with Crippen LogP contribution in [0.1, 0.15) is 17.0 Å². The van der Waals surface area contributed by atoms with Crippen molar-refractivity contribution in [3.05, 3.63) is 87.2 Å². The third-order valence-corrected chi connectivity index (χ3v) is 6.51. The molecule has 1 aliphatic rings. The Morgan fingerprint density at radius 2 is 1.70 bits per heavy atom. The van der Waals surface area contributed by atoms with Crippen molar-refractivity contribution in [3.8, 4) is 11.8 Å². The number of carbonyl (C=O) groups excluding carboxylic acids is 1. The summed E-state index contributed by atoms with van der Waals surface area (Å²) in [4.78, 5) is 17.1. The van der Waals surface area contributed by atoms with Crippen molar-refractivity contribution in [2.75, 3.05) is 31.1 Å². The topological polar surface area (TPSA) is 52.3 Å². The zero-order valence-corrected chi connectivity index (χ0v) is 20.1. The Bertz CT molecular complexity index is 1250. The van der Waals surface area contributed by atoms with Crippen LogP contribution in [0.4, 0.5) is 5.69 Å². The summed E-state index contributed by atoms with van der Waals surface area (Å²) >= 11 is 12.6. The molecule has 0 aliphatic carbocycles. The molecule has 1 aromatic heterocycles. The number of anilines is 1. The Morgan fingerprint density at radius 3 is 2.36 bits per heavy atom. The molecule has 0 spiro atoms. The van der Waals surface area contributed by atoms with Gasteiger partial charge in [-0.15, -0.1) is 0 Å². The molecule has 0 atom stereocenters. The largest absolute Gasteiger partial charge is 0.368 e. The number of carbonyl (C=O) groups is 1. The van der Waals surface area contributed by atoms with Gasteiger partial charge in [-0.25, -0.2) is 0 Å². The predicted octanol–water partition coefficient (Wildman–Crippen LogP) is 5.66. The van der Waals surface area contributed by atoms with Gasteiger partial charge in [-0.1, -0.05) is 41.4 Å². The average Bonchev–Trinajstić information content (AvgIpc) is 3.11. The standard InChI is InChI=1S/C26H24Cl2N4O/c1-18-14-20(19(2)32(18)25-16-22(27)8-9-24(25)28)15-21(17-29)26(33)31-12-10-30(11-13-31)23-6-4-3-5-7-23/h3-9,14-16H,10-13H2,1-2H3/b21-15-. The second-order valence-corrected chi connectivity index (χ2v) is 8.89. The van der Waals surface area contributed by atoms with Gasteiger partial charge in [-0.05, 0) is 61.9 Å². The number of aryl methyl sites for hydroxylation is 1. The van der Waals surface area contributed by atoms with Gasteiger partial charge in [0.1, 0.15) is 11.6 Å². The zero-order valence-electron chi connectivity index (χ0n) is 18.6. The Kier molecular flexibility index (Phi) is 6.78. The summed E-state index contributed by atoms with van der Waals surface area (Å²) in [5, 5.41) is 10.9. The highest BCUT2D eigenvalue weighted by molar-refractivity contribution is 6.34. The van der Waals surface area contributed by atoms with E-state index in [9.17, 15) is 10.1 Å². The molecule has 3 aromatic rings. The van der Waals surface area contributed by atoms with Crippen molar-refractivity contribution in [2.24, 2.45) is 0 Å². The van der Waals surface area contributed by atoms with Gasteiger partial charge in [0.15, 0.2) is 0 Å². The summed E-state index contributed by atoms with van der Waals surface area (Å²) in [5.41, 5.74) is 4.65. The lowest BCUT2D eigenvalue weighted by molar-refractivity contribution is -0.126. The van der Waals surface area contributed by atoms with Crippen LogP contribution >= 0.6 is 23.2 Å². The van der Waals surface area contributed by atoms with E-state index >= 15 is 0 Å². The molecule has 1 amide bonds. The van der Waals surface area contributed by atoms with E-state index in [1.165, 1.54) is 0 Å². The maximum atomic E-state index is 13.1. The van der Waals surface area contributed by atoms with Crippen LogP contribution in [0.3, 0.4) is 0 Å². The van der Waals surface area contributed by atoms with E-state index < -0.39 is 0 Å². The Hall–Kier alpha value is -3.20. The number of hydrogen-bond acceptors (Lipinski definition) is 3. The van der Waals surface area contributed by atoms with E-state index in [0.29, 0.717) is 23.1 Å². The van der Waals surface area contributed by atoms with Crippen LogP contribution in [0.2, 0.25) is 10.0 Å². The van der Waals surface area contributed by atoms with Crippen molar-refractivity contribution in [3.63, 3.8) is 0 Å². The minimum absolute atomic E-state index is 0.126. The molecule has 0 radical (unpaired) electrons. The number of amides is 1. The lowest BCUT2D eigenvalue weighted by Crippen LogP contribution is -2.49. The number of aromatic nitrogens is 1. The fourth-order valence-corrected chi connectivity index (χ4v) is 4.60. The molecule has 4 rings (SSSR count). The summed E-state index contributed by atoms with van der Waals surface area (Å²) < 4.78 is 1.98. The van der Waals surface area contributed by atoms with E-state index in [-0.39, 0.29) is 11.5 Å². The molecule has 7 heteroatoms. The van der Waals surface area contributed by atoms with Crippen LogP contribution in [0, 0.1) is 25.2 Å². The number of rotatable bonds is 4. The number of hydrogen-bond donors (Lipinski definition) is 0. The highest BCUT2D eigenvalue weighted by Crippen LogP contribution is 2.30. The number of nitrogens with zero attached hydrogens (tertiary/aromatic N) is 4. The van der Waals surface area contributed by atoms with Gasteiger partial charge in [0.2, 0.25) is 0 Å². The van der Waals surface area contributed by atoms with Crippen molar-refractivity contribution in [2.45, 2.75) is 13.8 Å². The second kappa shape index (κ2) is 9.74. The highest BCUT2D eigenvalue weighted by Gasteiger charge is 2.24. The number of nitriles is 1. The number of para-hydroxylation sites is 1.